The summed E-state index contributed by atoms with van der Waals surface area (Å²) in [4.78, 5) is 0. The molecule has 0 aliphatic heterocycles. The molecule has 1 unspecified atom stereocenters. The van der Waals surface area contributed by atoms with Crippen LogP contribution in [0.25, 0.3) is 0 Å². The highest BCUT2D eigenvalue weighted by molar-refractivity contribution is 9.10. The fourth-order valence-electron chi connectivity index (χ4n) is 1.27. The Bertz CT molecular complexity index is 391. The average Bonchev–Trinajstić information content (AvgIpc) is 2.75. The lowest BCUT2D eigenvalue weighted by Crippen LogP contribution is -1.99. The summed E-state index contributed by atoms with van der Waals surface area (Å²) in [6, 6.07) is 5.36. The van der Waals surface area contributed by atoms with E-state index < -0.39 is 6.10 Å². The second-order valence-electron chi connectivity index (χ2n) is 2.95. The van der Waals surface area contributed by atoms with Crippen molar-refractivity contribution in [3.8, 4) is 0 Å². The smallest absolute Gasteiger partial charge is 0.174 e. The number of rotatable bonds is 3. The second-order valence-corrected chi connectivity index (χ2v) is 3.67. The molecule has 0 aromatic carbocycles. The van der Waals surface area contributed by atoms with Crippen molar-refractivity contribution < 1.29 is 13.9 Å². The van der Waals surface area contributed by atoms with Gasteiger partial charge in [0.1, 0.15) is 5.76 Å². The Hall–Kier alpha value is -1.00. The van der Waals surface area contributed by atoms with Gasteiger partial charge in [0.15, 0.2) is 4.67 Å². The van der Waals surface area contributed by atoms with E-state index >= 15 is 0 Å². The van der Waals surface area contributed by atoms with Gasteiger partial charge < -0.3 is 13.9 Å². The molecule has 74 valence electrons. The van der Waals surface area contributed by atoms with Gasteiger partial charge >= 0.3 is 0 Å². The van der Waals surface area contributed by atoms with E-state index in [0.29, 0.717) is 11.1 Å². The number of aliphatic hydroxyl groups excluding tert-OH is 1. The second kappa shape index (κ2) is 4.02. The zero-order valence-corrected chi connectivity index (χ0v) is 8.90. The molecule has 2 aromatic heterocycles. The van der Waals surface area contributed by atoms with Crippen molar-refractivity contribution in [1.29, 1.82) is 0 Å². The molecule has 3 nitrogen and oxygen atoms in total. The molecule has 1 atom stereocenters. The quantitative estimate of drug-likeness (QED) is 0.919. The number of aliphatic hydroxyl groups is 1. The summed E-state index contributed by atoms with van der Waals surface area (Å²) in [6.07, 6.45) is 2.97. The molecule has 4 heteroatoms. The fourth-order valence-corrected chi connectivity index (χ4v) is 1.78. The van der Waals surface area contributed by atoms with Crippen molar-refractivity contribution in [2.24, 2.45) is 0 Å². The highest BCUT2D eigenvalue weighted by Crippen LogP contribution is 2.26. The molecular formula is C10H9BrO3. The standard InChI is InChI=1S/C10H9BrO3/c11-10-8(3-5-14-10)9(12)6-7-2-1-4-13-7/h1-5,9,12H,6H2. The molecule has 2 rings (SSSR count). The van der Waals surface area contributed by atoms with Gasteiger partial charge in [-0.15, -0.1) is 0 Å². The van der Waals surface area contributed by atoms with Crippen LogP contribution in [0.1, 0.15) is 17.4 Å². The first-order valence-corrected chi connectivity index (χ1v) is 5.00. The molecule has 0 bridgehead atoms. The van der Waals surface area contributed by atoms with Gasteiger partial charge in [0.2, 0.25) is 0 Å². The largest absolute Gasteiger partial charge is 0.469 e. The molecule has 0 radical (unpaired) electrons. The zero-order valence-electron chi connectivity index (χ0n) is 7.31. The predicted octanol–water partition coefficient (Wildman–Crippen LogP) is 2.91. The lowest BCUT2D eigenvalue weighted by Gasteiger charge is -2.06. The van der Waals surface area contributed by atoms with Gasteiger partial charge in [-0.05, 0) is 34.1 Å². The van der Waals surface area contributed by atoms with Gasteiger partial charge in [-0.2, -0.15) is 0 Å². The Morgan fingerprint density at radius 1 is 1.29 bits per heavy atom. The molecule has 2 aromatic rings. The van der Waals surface area contributed by atoms with Crippen molar-refractivity contribution in [1.82, 2.24) is 0 Å². The van der Waals surface area contributed by atoms with E-state index in [2.05, 4.69) is 15.9 Å². The van der Waals surface area contributed by atoms with Gasteiger partial charge in [-0.1, -0.05) is 0 Å². The maximum Gasteiger partial charge on any atom is 0.174 e. The number of hydrogen-bond acceptors (Lipinski definition) is 3. The fraction of sp³-hybridized carbons (Fsp3) is 0.200. The van der Waals surface area contributed by atoms with Crippen LogP contribution in [0.2, 0.25) is 0 Å². The Morgan fingerprint density at radius 3 is 2.71 bits per heavy atom. The summed E-state index contributed by atoms with van der Waals surface area (Å²) in [5, 5.41) is 9.81. The molecule has 0 aliphatic carbocycles. The molecule has 0 spiro atoms. The highest BCUT2D eigenvalue weighted by Gasteiger charge is 2.15. The third-order valence-corrected chi connectivity index (χ3v) is 2.62. The van der Waals surface area contributed by atoms with E-state index in [1.54, 1.807) is 18.4 Å². The summed E-state index contributed by atoms with van der Waals surface area (Å²) in [5.74, 6) is 0.755. The van der Waals surface area contributed by atoms with Gasteiger partial charge in [-0.3, -0.25) is 0 Å². The first-order valence-electron chi connectivity index (χ1n) is 4.20. The van der Waals surface area contributed by atoms with Gasteiger partial charge in [0.25, 0.3) is 0 Å². The minimum Gasteiger partial charge on any atom is -0.469 e. The molecule has 0 fully saturated rings. The minimum absolute atomic E-state index is 0.450. The van der Waals surface area contributed by atoms with E-state index in [-0.39, 0.29) is 0 Å². The summed E-state index contributed by atoms with van der Waals surface area (Å²) >= 11 is 3.21. The van der Waals surface area contributed by atoms with Crippen LogP contribution < -0.4 is 0 Å². The Morgan fingerprint density at radius 2 is 2.14 bits per heavy atom. The van der Waals surface area contributed by atoms with Crippen molar-refractivity contribution in [2.45, 2.75) is 12.5 Å². The van der Waals surface area contributed by atoms with E-state index in [9.17, 15) is 5.11 Å². The summed E-state index contributed by atoms with van der Waals surface area (Å²) in [6.45, 7) is 0. The molecule has 1 N–H and O–H groups in total. The van der Waals surface area contributed by atoms with E-state index in [4.69, 9.17) is 8.83 Å². The summed E-state index contributed by atoms with van der Waals surface area (Å²) < 4.78 is 10.7. The van der Waals surface area contributed by atoms with Crippen molar-refractivity contribution in [3.63, 3.8) is 0 Å². The molecule has 0 saturated heterocycles. The number of hydrogen-bond donors (Lipinski definition) is 1. The van der Waals surface area contributed by atoms with E-state index in [1.807, 2.05) is 6.07 Å². The monoisotopic (exact) mass is 256 g/mol. The normalized spacial score (nSPS) is 13.0. The Labute approximate surface area is 89.5 Å². The van der Waals surface area contributed by atoms with Crippen molar-refractivity contribution in [2.75, 3.05) is 0 Å². The van der Waals surface area contributed by atoms with Gasteiger partial charge in [0.05, 0.1) is 18.6 Å². The lowest BCUT2D eigenvalue weighted by atomic mass is 10.1. The van der Waals surface area contributed by atoms with Crippen LogP contribution in [0.4, 0.5) is 0 Å². The molecule has 0 aliphatic rings. The molecule has 14 heavy (non-hydrogen) atoms. The van der Waals surface area contributed by atoms with Crippen LogP contribution in [0.15, 0.2) is 44.2 Å². The molecule has 0 amide bonds. The molecule has 0 saturated carbocycles. The van der Waals surface area contributed by atoms with E-state index in [0.717, 1.165) is 11.3 Å². The Balaban J connectivity index is 2.10. The first kappa shape index (κ1) is 9.55. The first-order chi connectivity index (χ1) is 6.77. The average molecular weight is 257 g/mol. The van der Waals surface area contributed by atoms with Crippen molar-refractivity contribution >= 4 is 15.9 Å². The van der Waals surface area contributed by atoms with Crippen LogP contribution >= 0.6 is 15.9 Å². The molecule has 2 heterocycles. The van der Waals surface area contributed by atoms with Gasteiger partial charge in [-0.25, -0.2) is 0 Å². The Kier molecular flexibility index (Phi) is 2.74. The predicted molar refractivity (Wildman–Crippen MR) is 53.8 cm³/mol. The van der Waals surface area contributed by atoms with E-state index in [1.165, 1.54) is 6.26 Å². The van der Waals surface area contributed by atoms with Crippen molar-refractivity contribution in [3.05, 3.63) is 46.7 Å². The zero-order chi connectivity index (χ0) is 9.97. The summed E-state index contributed by atoms with van der Waals surface area (Å²) in [5.41, 5.74) is 0.737. The summed E-state index contributed by atoms with van der Waals surface area (Å²) in [7, 11) is 0. The van der Waals surface area contributed by atoms with Crippen LogP contribution in [0.3, 0.4) is 0 Å². The minimum atomic E-state index is -0.603. The van der Waals surface area contributed by atoms with Crippen LogP contribution in [-0.2, 0) is 6.42 Å². The third kappa shape index (κ3) is 1.91. The van der Waals surface area contributed by atoms with Gasteiger partial charge in [0, 0.05) is 12.0 Å². The lowest BCUT2D eigenvalue weighted by molar-refractivity contribution is 0.168. The van der Waals surface area contributed by atoms with Crippen LogP contribution in [0.5, 0.6) is 0 Å². The molecular weight excluding hydrogens is 248 g/mol. The van der Waals surface area contributed by atoms with Crippen LogP contribution in [0, 0.1) is 0 Å². The third-order valence-electron chi connectivity index (χ3n) is 1.98. The maximum atomic E-state index is 9.81. The number of furan rings is 2. The highest BCUT2D eigenvalue weighted by atomic mass is 79.9. The van der Waals surface area contributed by atoms with Crippen LogP contribution in [-0.4, -0.2) is 5.11 Å². The SMILES string of the molecule is OC(Cc1ccco1)c1ccoc1Br. The number of halogens is 1. The topological polar surface area (TPSA) is 46.5 Å². The maximum absolute atomic E-state index is 9.81.